The lowest BCUT2D eigenvalue weighted by atomic mass is 9.97. The molecule has 0 saturated heterocycles. The van der Waals surface area contributed by atoms with Gasteiger partial charge in [0.2, 0.25) is 0 Å². The van der Waals surface area contributed by atoms with Crippen LogP contribution >= 0.6 is 0 Å². The third kappa shape index (κ3) is 1.69. The first-order valence-corrected chi connectivity index (χ1v) is 2.99. The maximum Gasteiger partial charge on any atom is 0.419 e. The molecule has 62 valence electrons. The Hall–Kier alpha value is -1.20. The fourth-order valence-corrected chi connectivity index (χ4v) is 0.719. The van der Waals surface area contributed by atoms with E-state index in [1.165, 1.54) is 0 Å². The van der Waals surface area contributed by atoms with Gasteiger partial charge in [0, 0.05) is 6.20 Å². The van der Waals surface area contributed by atoms with Gasteiger partial charge in [-0.3, -0.25) is 0 Å². The summed E-state index contributed by atoms with van der Waals surface area (Å²) in [6.07, 6.45) is -3.42. The van der Waals surface area contributed by atoms with Crippen LogP contribution in [0.15, 0.2) is 12.3 Å². The number of alkyl halides is 3. The summed E-state index contributed by atoms with van der Waals surface area (Å²) in [5.74, 6) is -0.559. The van der Waals surface area contributed by atoms with Gasteiger partial charge < -0.3 is 5.73 Å². The van der Waals surface area contributed by atoms with Crippen molar-refractivity contribution in [2.24, 2.45) is 0 Å². The van der Waals surface area contributed by atoms with E-state index in [0.29, 0.717) is 0 Å². The number of hydrogen-bond acceptors (Lipinski definition) is 2. The highest BCUT2D eigenvalue weighted by atomic mass is 19.4. The Bertz CT molecular complexity index is 297. The van der Waals surface area contributed by atoms with Crippen LogP contribution in [-0.2, 0) is 6.18 Å². The first-order chi connectivity index (χ1) is 5.41. The fraction of sp³-hybridized carbons (Fsp3) is 0.167. The summed E-state index contributed by atoms with van der Waals surface area (Å²) in [5.41, 5.74) is 3.93. The van der Waals surface area contributed by atoms with E-state index in [4.69, 9.17) is 13.6 Å². The van der Waals surface area contributed by atoms with Crippen LogP contribution in [0.2, 0.25) is 0 Å². The molecule has 0 saturated carbocycles. The van der Waals surface area contributed by atoms with Crippen molar-refractivity contribution < 1.29 is 13.2 Å². The number of nitrogens with two attached hydrogens (primary N) is 1. The van der Waals surface area contributed by atoms with E-state index < -0.39 is 17.6 Å². The third-order valence-electron chi connectivity index (χ3n) is 1.25. The molecule has 0 bridgehead atoms. The van der Waals surface area contributed by atoms with Gasteiger partial charge in [-0.05, 0) is 0 Å². The summed E-state index contributed by atoms with van der Waals surface area (Å²) >= 11 is 0. The molecule has 0 aromatic carbocycles. The Balaban J connectivity index is 3.23. The zero-order valence-corrected chi connectivity index (χ0v) is 5.89. The average Bonchev–Trinajstić information content (AvgIpc) is 1.92. The molecule has 0 unspecified atom stereocenters. The minimum atomic E-state index is -4.49. The number of nitrogens with zero attached hydrogens (tertiary/aromatic N) is 1. The molecule has 1 rings (SSSR count). The Morgan fingerprint density at radius 1 is 1.42 bits per heavy atom. The molecule has 0 aliphatic heterocycles. The lowest BCUT2D eigenvalue weighted by Crippen LogP contribution is -2.15. The van der Waals surface area contributed by atoms with E-state index >= 15 is 0 Å². The summed E-state index contributed by atoms with van der Waals surface area (Å²) in [5, 5.41) is 0. The SMILES string of the molecule is [B]c1cnc(N)c(C(F)(F)F)c1. The molecule has 0 aliphatic carbocycles. The highest BCUT2D eigenvalue weighted by Crippen LogP contribution is 2.31. The Morgan fingerprint density at radius 3 is 2.42 bits per heavy atom. The third-order valence-corrected chi connectivity index (χ3v) is 1.25. The first kappa shape index (κ1) is 8.90. The largest absolute Gasteiger partial charge is 0.419 e. The van der Waals surface area contributed by atoms with Crippen molar-refractivity contribution in [3.05, 3.63) is 17.8 Å². The maximum atomic E-state index is 12.1. The van der Waals surface area contributed by atoms with E-state index in [1.54, 1.807) is 0 Å². The number of halogens is 3. The van der Waals surface area contributed by atoms with Crippen LogP contribution in [0.3, 0.4) is 0 Å². The molecule has 0 aliphatic rings. The Labute approximate surface area is 68.0 Å². The smallest absolute Gasteiger partial charge is 0.383 e. The van der Waals surface area contributed by atoms with E-state index in [2.05, 4.69) is 4.98 Å². The molecule has 0 atom stereocenters. The second kappa shape index (κ2) is 2.69. The van der Waals surface area contributed by atoms with Gasteiger partial charge in [0.05, 0.1) is 5.56 Å². The predicted octanol–water partition coefficient (Wildman–Crippen LogP) is 0.476. The van der Waals surface area contributed by atoms with Crippen LogP contribution in [0.4, 0.5) is 19.0 Å². The van der Waals surface area contributed by atoms with Gasteiger partial charge >= 0.3 is 6.18 Å². The van der Waals surface area contributed by atoms with Gasteiger partial charge in [0.15, 0.2) is 0 Å². The minimum absolute atomic E-state index is 0.0588. The molecule has 1 aromatic heterocycles. The van der Waals surface area contributed by atoms with Crippen LogP contribution in [0.1, 0.15) is 5.56 Å². The maximum absolute atomic E-state index is 12.1. The predicted molar refractivity (Wildman–Crippen MR) is 39.0 cm³/mol. The van der Waals surface area contributed by atoms with Gasteiger partial charge in [-0.1, -0.05) is 11.5 Å². The van der Waals surface area contributed by atoms with Crippen molar-refractivity contribution in [2.45, 2.75) is 6.18 Å². The molecule has 1 aromatic rings. The molecule has 2 N–H and O–H groups in total. The molecule has 2 radical (unpaired) electrons. The highest BCUT2D eigenvalue weighted by Gasteiger charge is 2.33. The number of pyridine rings is 1. The molecular formula is C6H4BF3N2. The summed E-state index contributed by atoms with van der Waals surface area (Å²) < 4.78 is 36.2. The number of rotatable bonds is 0. The molecule has 6 heteroatoms. The van der Waals surface area contributed by atoms with Gasteiger partial charge in [0.1, 0.15) is 13.7 Å². The number of hydrogen-bond donors (Lipinski definition) is 1. The van der Waals surface area contributed by atoms with Crippen molar-refractivity contribution in [2.75, 3.05) is 5.73 Å². The summed E-state index contributed by atoms with van der Waals surface area (Å²) in [6, 6.07) is 0.752. The lowest BCUT2D eigenvalue weighted by Gasteiger charge is -2.08. The standard InChI is InChI=1S/C6H4BF3N2/c7-3-1-4(6(8,9)10)5(11)12-2-3/h1-2H,(H2,11,12). The molecule has 0 amide bonds. The summed E-state index contributed by atoms with van der Waals surface area (Å²) in [6.45, 7) is 0. The van der Waals surface area contributed by atoms with Gasteiger partial charge in [-0.15, -0.1) is 0 Å². The van der Waals surface area contributed by atoms with E-state index in [0.717, 1.165) is 12.3 Å². The second-order valence-electron chi connectivity index (χ2n) is 2.20. The Morgan fingerprint density at radius 2 is 2.00 bits per heavy atom. The van der Waals surface area contributed by atoms with Gasteiger partial charge in [0.25, 0.3) is 0 Å². The van der Waals surface area contributed by atoms with Crippen LogP contribution in [0, 0.1) is 0 Å². The van der Waals surface area contributed by atoms with E-state index in [1.807, 2.05) is 0 Å². The van der Waals surface area contributed by atoms with Gasteiger partial charge in [-0.2, -0.15) is 13.2 Å². The molecular weight excluding hydrogens is 168 g/mol. The topological polar surface area (TPSA) is 38.9 Å². The number of aromatic nitrogens is 1. The van der Waals surface area contributed by atoms with Crippen LogP contribution in [-0.4, -0.2) is 12.8 Å². The van der Waals surface area contributed by atoms with Crippen molar-refractivity contribution in [3.63, 3.8) is 0 Å². The zero-order valence-electron chi connectivity index (χ0n) is 5.89. The van der Waals surface area contributed by atoms with Crippen LogP contribution in [0.25, 0.3) is 0 Å². The minimum Gasteiger partial charge on any atom is -0.383 e. The molecule has 0 fully saturated rings. The van der Waals surface area contributed by atoms with Gasteiger partial charge in [-0.25, -0.2) is 4.98 Å². The summed E-state index contributed by atoms with van der Waals surface area (Å²) in [4.78, 5) is 3.28. The number of anilines is 1. The highest BCUT2D eigenvalue weighted by molar-refractivity contribution is 6.32. The normalized spacial score (nSPS) is 11.6. The Kier molecular flexibility index (Phi) is 2.00. The van der Waals surface area contributed by atoms with Crippen molar-refractivity contribution in [1.29, 1.82) is 0 Å². The molecule has 12 heavy (non-hydrogen) atoms. The molecule has 2 nitrogen and oxygen atoms in total. The van der Waals surface area contributed by atoms with Crippen molar-refractivity contribution in [3.8, 4) is 0 Å². The van der Waals surface area contributed by atoms with E-state index in [-0.39, 0.29) is 5.46 Å². The average molecular weight is 172 g/mol. The van der Waals surface area contributed by atoms with Crippen LogP contribution in [0.5, 0.6) is 0 Å². The summed E-state index contributed by atoms with van der Waals surface area (Å²) in [7, 11) is 5.11. The first-order valence-electron chi connectivity index (χ1n) is 2.99. The van der Waals surface area contributed by atoms with Crippen molar-refractivity contribution >= 4 is 19.1 Å². The molecule has 1 heterocycles. The second-order valence-corrected chi connectivity index (χ2v) is 2.20. The molecule has 0 spiro atoms. The number of nitrogen functional groups attached to an aromatic ring is 1. The monoisotopic (exact) mass is 172 g/mol. The quantitative estimate of drug-likeness (QED) is 0.577. The van der Waals surface area contributed by atoms with E-state index in [9.17, 15) is 13.2 Å². The van der Waals surface area contributed by atoms with Crippen LogP contribution < -0.4 is 11.2 Å². The van der Waals surface area contributed by atoms with Crippen molar-refractivity contribution in [1.82, 2.24) is 4.98 Å². The fourth-order valence-electron chi connectivity index (χ4n) is 0.719. The zero-order chi connectivity index (χ0) is 9.35. The lowest BCUT2D eigenvalue weighted by molar-refractivity contribution is -0.137.